The van der Waals surface area contributed by atoms with Crippen molar-refractivity contribution in [3.05, 3.63) is 69.8 Å². The van der Waals surface area contributed by atoms with E-state index in [1.807, 2.05) is 44.3 Å². The Morgan fingerprint density at radius 1 is 1.38 bits per heavy atom. The Labute approximate surface area is 148 Å². The standard InChI is InChI=1S/C11H11ClFN.C9H11N/c1-2-3-4-9-10(12)5-8(7-14)6-11(9)13;1-3-5-9-8(2)6-4-7-10-9/h5-6H,2-4H2,1H3;3-7H,1-2H3/b;5-3-. The molecule has 0 fully saturated rings. The first-order chi connectivity index (χ1) is 11.5. The molecule has 0 bridgehead atoms. The molecular weight excluding hydrogens is 323 g/mol. The van der Waals surface area contributed by atoms with Gasteiger partial charge in [-0.05, 0) is 56.5 Å². The van der Waals surface area contributed by atoms with E-state index in [1.54, 1.807) is 0 Å². The van der Waals surface area contributed by atoms with Gasteiger partial charge < -0.3 is 0 Å². The molecule has 2 nitrogen and oxygen atoms in total. The molecule has 0 spiro atoms. The van der Waals surface area contributed by atoms with E-state index < -0.39 is 0 Å². The Hall–Kier alpha value is -2.18. The third-order valence-corrected chi connectivity index (χ3v) is 3.76. The number of aryl methyl sites for hydroxylation is 1. The fourth-order valence-corrected chi connectivity index (χ4v) is 2.39. The van der Waals surface area contributed by atoms with Crippen LogP contribution in [0.4, 0.5) is 4.39 Å². The van der Waals surface area contributed by atoms with Crippen LogP contribution in [0.3, 0.4) is 0 Å². The fraction of sp³-hybridized carbons (Fsp3) is 0.300. The lowest BCUT2D eigenvalue weighted by molar-refractivity contribution is 0.603. The zero-order chi connectivity index (χ0) is 17.9. The summed E-state index contributed by atoms with van der Waals surface area (Å²) in [6.45, 7) is 6.09. The lowest BCUT2D eigenvalue weighted by atomic mass is 10.1. The van der Waals surface area contributed by atoms with Gasteiger partial charge in [0, 0.05) is 16.8 Å². The van der Waals surface area contributed by atoms with Gasteiger partial charge in [0.1, 0.15) is 5.82 Å². The molecule has 126 valence electrons. The van der Waals surface area contributed by atoms with Crippen molar-refractivity contribution in [1.82, 2.24) is 4.98 Å². The van der Waals surface area contributed by atoms with Crippen molar-refractivity contribution >= 4 is 17.7 Å². The highest BCUT2D eigenvalue weighted by molar-refractivity contribution is 6.31. The molecule has 0 atom stereocenters. The van der Waals surface area contributed by atoms with Crippen molar-refractivity contribution in [2.45, 2.75) is 40.0 Å². The van der Waals surface area contributed by atoms with Crippen LogP contribution < -0.4 is 0 Å². The highest BCUT2D eigenvalue weighted by Crippen LogP contribution is 2.23. The lowest BCUT2D eigenvalue weighted by Crippen LogP contribution is -1.93. The first kappa shape index (κ1) is 19.9. The Kier molecular flexibility index (Phi) is 8.75. The smallest absolute Gasteiger partial charge is 0.129 e. The fourth-order valence-electron chi connectivity index (χ4n) is 2.09. The molecule has 0 aliphatic rings. The highest BCUT2D eigenvalue weighted by Gasteiger charge is 2.08. The molecule has 0 aliphatic heterocycles. The molecule has 0 unspecified atom stereocenters. The summed E-state index contributed by atoms with van der Waals surface area (Å²) in [5, 5.41) is 8.93. The Balaban J connectivity index is 0.000000254. The van der Waals surface area contributed by atoms with E-state index >= 15 is 0 Å². The van der Waals surface area contributed by atoms with Crippen LogP contribution in [-0.4, -0.2) is 4.98 Å². The monoisotopic (exact) mass is 344 g/mol. The number of aromatic nitrogens is 1. The highest BCUT2D eigenvalue weighted by atomic mass is 35.5. The maximum atomic E-state index is 13.4. The predicted molar refractivity (Wildman–Crippen MR) is 98.4 cm³/mol. The normalized spacial score (nSPS) is 10.2. The minimum absolute atomic E-state index is 0.271. The van der Waals surface area contributed by atoms with Gasteiger partial charge in [-0.3, -0.25) is 4.98 Å². The number of benzene rings is 1. The number of allylic oxidation sites excluding steroid dienone is 1. The minimum atomic E-state index is -0.373. The molecular formula is C20H22ClFN2. The molecule has 1 aromatic heterocycles. The average Bonchev–Trinajstić information content (AvgIpc) is 2.57. The van der Waals surface area contributed by atoms with Crippen LogP contribution >= 0.6 is 11.6 Å². The Morgan fingerprint density at radius 3 is 2.67 bits per heavy atom. The van der Waals surface area contributed by atoms with Crippen LogP contribution in [-0.2, 0) is 6.42 Å². The Morgan fingerprint density at radius 2 is 2.12 bits per heavy atom. The number of unbranched alkanes of at least 4 members (excludes halogenated alkanes) is 1. The largest absolute Gasteiger partial charge is 0.257 e. The van der Waals surface area contributed by atoms with E-state index in [1.165, 1.54) is 17.7 Å². The predicted octanol–water partition coefficient (Wildman–Crippen LogP) is 6.12. The molecule has 0 radical (unpaired) electrons. The van der Waals surface area contributed by atoms with Gasteiger partial charge in [-0.2, -0.15) is 5.26 Å². The molecule has 2 rings (SSSR count). The zero-order valence-electron chi connectivity index (χ0n) is 14.3. The van der Waals surface area contributed by atoms with Gasteiger partial charge >= 0.3 is 0 Å². The van der Waals surface area contributed by atoms with Gasteiger partial charge in [0.25, 0.3) is 0 Å². The van der Waals surface area contributed by atoms with Gasteiger partial charge in [0.05, 0.1) is 17.3 Å². The lowest BCUT2D eigenvalue weighted by Gasteiger charge is -2.05. The second-order valence-corrected chi connectivity index (χ2v) is 5.75. The van der Waals surface area contributed by atoms with Crippen molar-refractivity contribution in [2.75, 3.05) is 0 Å². The second-order valence-electron chi connectivity index (χ2n) is 5.34. The number of nitrogens with zero attached hydrogens (tertiary/aromatic N) is 2. The summed E-state index contributed by atoms with van der Waals surface area (Å²) in [6, 6.07) is 8.61. The van der Waals surface area contributed by atoms with Crippen LogP contribution in [0.15, 0.2) is 36.5 Å². The van der Waals surface area contributed by atoms with E-state index in [0.29, 0.717) is 17.0 Å². The summed E-state index contributed by atoms with van der Waals surface area (Å²) < 4.78 is 13.4. The van der Waals surface area contributed by atoms with Crippen molar-refractivity contribution in [3.63, 3.8) is 0 Å². The van der Waals surface area contributed by atoms with Crippen LogP contribution in [0.1, 0.15) is 49.1 Å². The summed E-state index contributed by atoms with van der Waals surface area (Å²) in [6.07, 6.45) is 8.35. The summed E-state index contributed by atoms with van der Waals surface area (Å²) in [5.41, 5.74) is 3.07. The minimum Gasteiger partial charge on any atom is -0.257 e. The summed E-state index contributed by atoms with van der Waals surface area (Å²) in [5.74, 6) is -0.373. The molecule has 0 saturated heterocycles. The molecule has 0 N–H and O–H groups in total. The van der Waals surface area contributed by atoms with E-state index in [9.17, 15) is 4.39 Å². The van der Waals surface area contributed by atoms with E-state index in [4.69, 9.17) is 16.9 Å². The van der Waals surface area contributed by atoms with Crippen LogP contribution in [0, 0.1) is 24.1 Å². The summed E-state index contributed by atoms with van der Waals surface area (Å²) >= 11 is 5.86. The topological polar surface area (TPSA) is 36.7 Å². The number of pyridine rings is 1. The zero-order valence-corrected chi connectivity index (χ0v) is 15.1. The molecule has 24 heavy (non-hydrogen) atoms. The van der Waals surface area contributed by atoms with Crippen LogP contribution in [0.2, 0.25) is 5.02 Å². The SMILES string of the molecule is C/C=C\c1ncccc1C.CCCCc1c(F)cc(C#N)cc1Cl. The van der Waals surface area contributed by atoms with Crippen molar-refractivity contribution in [3.8, 4) is 6.07 Å². The molecule has 0 amide bonds. The van der Waals surface area contributed by atoms with E-state index in [2.05, 4.69) is 18.0 Å². The summed E-state index contributed by atoms with van der Waals surface area (Å²) in [7, 11) is 0. The summed E-state index contributed by atoms with van der Waals surface area (Å²) in [4.78, 5) is 4.18. The Bertz CT molecular complexity index is 710. The number of hydrogen-bond acceptors (Lipinski definition) is 2. The van der Waals surface area contributed by atoms with Gasteiger partial charge in [-0.15, -0.1) is 0 Å². The van der Waals surface area contributed by atoms with Gasteiger partial charge in [-0.25, -0.2) is 4.39 Å². The number of nitriles is 1. The van der Waals surface area contributed by atoms with Gasteiger partial charge in [0.15, 0.2) is 0 Å². The maximum absolute atomic E-state index is 13.4. The van der Waals surface area contributed by atoms with E-state index in [-0.39, 0.29) is 11.4 Å². The van der Waals surface area contributed by atoms with Crippen molar-refractivity contribution in [2.24, 2.45) is 0 Å². The first-order valence-corrected chi connectivity index (χ1v) is 8.33. The van der Waals surface area contributed by atoms with Crippen molar-refractivity contribution < 1.29 is 4.39 Å². The van der Waals surface area contributed by atoms with Crippen molar-refractivity contribution in [1.29, 1.82) is 5.26 Å². The number of halogens is 2. The average molecular weight is 345 g/mol. The number of hydrogen-bond donors (Lipinski definition) is 0. The van der Waals surface area contributed by atoms with Crippen LogP contribution in [0.25, 0.3) is 6.08 Å². The third kappa shape index (κ3) is 6.14. The molecule has 1 heterocycles. The first-order valence-electron chi connectivity index (χ1n) is 7.95. The van der Waals surface area contributed by atoms with Gasteiger partial charge in [0.2, 0.25) is 0 Å². The number of rotatable bonds is 4. The molecule has 1 aromatic carbocycles. The molecule has 0 aliphatic carbocycles. The van der Waals surface area contributed by atoms with Crippen LogP contribution in [0.5, 0.6) is 0 Å². The molecule has 2 aromatic rings. The van der Waals surface area contributed by atoms with E-state index in [0.717, 1.165) is 18.5 Å². The third-order valence-electron chi connectivity index (χ3n) is 3.42. The maximum Gasteiger partial charge on any atom is 0.129 e. The molecule has 4 heteroatoms. The molecule has 0 saturated carbocycles. The quantitative estimate of drug-likeness (QED) is 0.670. The second kappa shape index (κ2) is 10.6. The van der Waals surface area contributed by atoms with Gasteiger partial charge in [-0.1, -0.05) is 37.1 Å².